The molecule has 2 amide bonds. The molecule has 1 fully saturated rings. The van der Waals surface area contributed by atoms with Gasteiger partial charge in [-0.2, -0.15) is 0 Å². The van der Waals surface area contributed by atoms with Crippen LogP contribution in [0.15, 0.2) is 18.2 Å². The van der Waals surface area contributed by atoms with E-state index in [1.54, 1.807) is 24.0 Å². The molecule has 22 heavy (non-hydrogen) atoms. The van der Waals surface area contributed by atoms with Gasteiger partial charge in [-0.1, -0.05) is 29.3 Å². The Balaban J connectivity index is 1.97. The fourth-order valence-corrected chi connectivity index (χ4v) is 3.04. The van der Waals surface area contributed by atoms with Gasteiger partial charge in [0.25, 0.3) is 0 Å². The Morgan fingerprint density at radius 2 is 2.09 bits per heavy atom. The second-order valence-electron chi connectivity index (χ2n) is 5.93. The van der Waals surface area contributed by atoms with Gasteiger partial charge in [-0.25, -0.2) is 4.79 Å². The first kappa shape index (κ1) is 17.4. The van der Waals surface area contributed by atoms with Crippen LogP contribution in [0.25, 0.3) is 0 Å². The molecule has 1 aromatic rings. The quantitative estimate of drug-likeness (QED) is 0.874. The zero-order chi connectivity index (χ0) is 16.3. The van der Waals surface area contributed by atoms with Crippen LogP contribution >= 0.6 is 23.2 Å². The number of hydrogen-bond donors (Lipinski definition) is 2. The fourth-order valence-electron chi connectivity index (χ4n) is 2.73. The Kier molecular flexibility index (Phi) is 5.95. The monoisotopic (exact) mass is 344 g/mol. The van der Waals surface area contributed by atoms with Crippen LogP contribution in [0, 0.1) is 5.92 Å². The van der Waals surface area contributed by atoms with Crippen molar-refractivity contribution in [3.05, 3.63) is 33.8 Å². The van der Waals surface area contributed by atoms with Gasteiger partial charge in [0, 0.05) is 19.0 Å². The van der Waals surface area contributed by atoms with Crippen molar-refractivity contribution in [1.82, 2.24) is 10.2 Å². The molecule has 1 saturated heterocycles. The molecule has 2 rings (SSSR count). The maximum Gasteiger partial charge on any atom is 0.317 e. The average molecular weight is 345 g/mol. The molecule has 0 bridgehead atoms. The third-order valence-electron chi connectivity index (χ3n) is 4.21. The van der Waals surface area contributed by atoms with Gasteiger partial charge in [-0.05, 0) is 44.4 Å². The summed E-state index contributed by atoms with van der Waals surface area (Å²) >= 11 is 11.9. The summed E-state index contributed by atoms with van der Waals surface area (Å²) in [4.78, 5) is 14.1. The first-order valence-electron chi connectivity index (χ1n) is 7.57. The molecule has 0 radical (unpaired) electrons. The molecule has 6 heteroatoms. The van der Waals surface area contributed by atoms with Crippen molar-refractivity contribution in [2.75, 3.05) is 13.1 Å². The Bertz CT molecular complexity index is 537. The van der Waals surface area contributed by atoms with E-state index in [-0.39, 0.29) is 24.1 Å². The number of aliphatic hydroxyl groups excluding tert-OH is 1. The van der Waals surface area contributed by atoms with Crippen LogP contribution < -0.4 is 5.32 Å². The first-order valence-corrected chi connectivity index (χ1v) is 8.32. The number of benzene rings is 1. The molecule has 3 atom stereocenters. The lowest BCUT2D eigenvalue weighted by atomic mass is 9.94. The van der Waals surface area contributed by atoms with E-state index >= 15 is 0 Å². The van der Waals surface area contributed by atoms with Crippen molar-refractivity contribution in [2.24, 2.45) is 5.92 Å². The smallest absolute Gasteiger partial charge is 0.317 e. The molecule has 1 aromatic carbocycles. The van der Waals surface area contributed by atoms with Crippen molar-refractivity contribution in [1.29, 1.82) is 0 Å². The average Bonchev–Trinajstić information content (AvgIpc) is 2.50. The normalized spacial score (nSPS) is 21.3. The Hall–Kier alpha value is -0.970. The van der Waals surface area contributed by atoms with Gasteiger partial charge in [-0.15, -0.1) is 0 Å². The summed E-state index contributed by atoms with van der Waals surface area (Å²) in [5.74, 6) is 0.153. The van der Waals surface area contributed by atoms with Gasteiger partial charge in [0.05, 0.1) is 22.2 Å². The standard InChI is InChI=1S/C16H22Cl2N2O2/c1-10(12-5-6-14(17)15(18)8-12)19-16(22)20-7-3-4-13(9-20)11(2)21/h5-6,8,10-11,13,21H,3-4,7,9H2,1-2H3,(H,19,22)/t10-,11-,13-/m0/s1. The van der Waals surface area contributed by atoms with Gasteiger partial charge >= 0.3 is 6.03 Å². The SMILES string of the molecule is C[C@H](NC(=O)N1CCC[C@H]([C@H](C)O)C1)c1ccc(Cl)c(Cl)c1. The molecule has 0 aromatic heterocycles. The number of carbonyl (C=O) groups excluding carboxylic acids is 1. The van der Waals surface area contributed by atoms with Crippen LogP contribution in [-0.2, 0) is 0 Å². The van der Waals surface area contributed by atoms with E-state index in [1.807, 2.05) is 13.0 Å². The molecule has 0 unspecified atom stereocenters. The van der Waals surface area contributed by atoms with Crippen molar-refractivity contribution in [2.45, 2.75) is 38.8 Å². The molecule has 4 nitrogen and oxygen atoms in total. The van der Waals surface area contributed by atoms with Crippen LogP contribution in [0.1, 0.15) is 38.3 Å². The number of piperidine rings is 1. The van der Waals surface area contributed by atoms with E-state index < -0.39 is 0 Å². The number of urea groups is 1. The number of aliphatic hydroxyl groups is 1. The largest absolute Gasteiger partial charge is 0.393 e. The molecule has 2 N–H and O–H groups in total. The predicted octanol–water partition coefficient (Wildman–Crippen LogP) is 3.86. The van der Waals surface area contributed by atoms with E-state index in [2.05, 4.69) is 5.32 Å². The Labute approximate surface area is 141 Å². The van der Waals surface area contributed by atoms with Crippen LogP contribution in [-0.4, -0.2) is 35.2 Å². The number of hydrogen-bond acceptors (Lipinski definition) is 2. The van der Waals surface area contributed by atoms with Gasteiger partial charge in [0.15, 0.2) is 0 Å². The van der Waals surface area contributed by atoms with E-state index in [9.17, 15) is 9.90 Å². The van der Waals surface area contributed by atoms with Gasteiger partial charge < -0.3 is 15.3 Å². The van der Waals surface area contributed by atoms with Crippen molar-refractivity contribution in [3.8, 4) is 0 Å². The highest BCUT2D eigenvalue weighted by Crippen LogP contribution is 2.26. The van der Waals surface area contributed by atoms with Gasteiger partial charge in [0.2, 0.25) is 0 Å². The third kappa shape index (κ3) is 4.28. The van der Waals surface area contributed by atoms with E-state index in [0.717, 1.165) is 24.9 Å². The molecule has 1 aliphatic heterocycles. The minimum atomic E-state index is -0.386. The second-order valence-corrected chi connectivity index (χ2v) is 6.75. The number of halogens is 2. The fraction of sp³-hybridized carbons (Fsp3) is 0.562. The minimum Gasteiger partial charge on any atom is -0.393 e. The van der Waals surface area contributed by atoms with E-state index in [4.69, 9.17) is 23.2 Å². The molecule has 1 aliphatic rings. The molecular weight excluding hydrogens is 323 g/mol. The predicted molar refractivity (Wildman–Crippen MR) is 89.4 cm³/mol. The Morgan fingerprint density at radius 1 is 1.36 bits per heavy atom. The third-order valence-corrected chi connectivity index (χ3v) is 4.95. The number of likely N-dealkylation sites (tertiary alicyclic amines) is 1. The number of nitrogens with zero attached hydrogens (tertiary/aromatic N) is 1. The molecule has 122 valence electrons. The molecule has 1 heterocycles. The van der Waals surface area contributed by atoms with Crippen LogP contribution in [0.5, 0.6) is 0 Å². The highest BCUT2D eigenvalue weighted by molar-refractivity contribution is 6.42. The maximum absolute atomic E-state index is 12.4. The minimum absolute atomic E-state index is 0.107. The zero-order valence-electron chi connectivity index (χ0n) is 12.9. The van der Waals surface area contributed by atoms with Crippen molar-refractivity contribution < 1.29 is 9.90 Å². The summed E-state index contributed by atoms with van der Waals surface area (Å²) in [7, 11) is 0. The maximum atomic E-state index is 12.4. The molecule has 0 aliphatic carbocycles. The van der Waals surface area contributed by atoms with E-state index in [0.29, 0.717) is 16.6 Å². The number of nitrogens with one attached hydrogen (secondary N) is 1. The lowest BCUT2D eigenvalue weighted by Crippen LogP contribution is -2.47. The van der Waals surface area contributed by atoms with Crippen LogP contribution in [0.4, 0.5) is 4.79 Å². The topological polar surface area (TPSA) is 52.6 Å². The number of carbonyl (C=O) groups is 1. The first-order chi connectivity index (χ1) is 10.4. The van der Waals surface area contributed by atoms with Crippen molar-refractivity contribution in [3.63, 3.8) is 0 Å². The second kappa shape index (κ2) is 7.53. The van der Waals surface area contributed by atoms with Gasteiger partial charge in [-0.3, -0.25) is 0 Å². The lowest BCUT2D eigenvalue weighted by molar-refractivity contribution is 0.0734. The molecule has 0 saturated carbocycles. The molecular formula is C16H22Cl2N2O2. The summed E-state index contributed by atoms with van der Waals surface area (Å²) in [5.41, 5.74) is 0.909. The molecule has 0 spiro atoms. The summed E-state index contributed by atoms with van der Waals surface area (Å²) in [5, 5.41) is 13.7. The van der Waals surface area contributed by atoms with Crippen molar-refractivity contribution >= 4 is 29.2 Å². The van der Waals surface area contributed by atoms with Crippen LogP contribution in [0.3, 0.4) is 0 Å². The highest BCUT2D eigenvalue weighted by Gasteiger charge is 2.27. The highest BCUT2D eigenvalue weighted by atomic mass is 35.5. The number of amides is 2. The van der Waals surface area contributed by atoms with Crippen LogP contribution in [0.2, 0.25) is 10.0 Å². The summed E-state index contributed by atoms with van der Waals surface area (Å²) in [6.07, 6.45) is 1.50. The summed E-state index contributed by atoms with van der Waals surface area (Å²) in [6.45, 7) is 5.01. The zero-order valence-corrected chi connectivity index (χ0v) is 14.4. The summed E-state index contributed by atoms with van der Waals surface area (Å²) in [6, 6.07) is 5.09. The summed E-state index contributed by atoms with van der Waals surface area (Å²) < 4.78 is 0. The number of rotatable bonds is 3. The Morgan fingerprint density at radius 3 is 2.73 bits per heavy atom. The van der Waals surface area contributed by atoms with Gasteiger partial charge in [0.1, 0.15) is 0 Å². The lowest BCUT2D eigenvalue weighted by Gasteiger charge is -2.34. The van der Waals surface area contributed by atoms with E-state index in [1.165, 1.54) is 0 Å².